The zero-order valence-electron chi connectivity index (χ0n) is 23.3. The average molecular weight is 537 g/mol. The first-order chi connectivity index (χ1) is 17.8. The van der Waals surface area contributed by atoms with Crippen molar-refractivity contribution in [2.45, 2.75) is 38.5 Å². The third kappa shape index (κ3) is 5.97. The molecule has 2 aliphatic rings. The van der Waals surface area contributed by atoms with Crippen LogP contribution in [-0.4, -0.2) is 62.0 Å². The Morgan fingerprint density at radius 1 is 0.816 bits per heavy atom. The molecule has 0 spiro atoms. The Morgan fingerprint density at radius 2 is 1.47 bits per heavy atom. The van der Waals surface area contributed by atoms with Gasteiger partial charge in [-0.25, -0.2) is 0 Å². The summed E-state index contributed by atoms with van der Waals surface area (Å²) in [5.74, 6) is 0. The highest BCUT2D eigenvalue weighted by Gasteiger charge is 2.42. The molecule has 4 rings (SSSR count). The van der Waals surface area contributed by atoms with Crippen molar-refractivity contribution in [1.29, 1.82) is 0 Å². The summed E-state index contributed by atoms with van der Waals surface area (Å²) in [6.45, 7) is 11.9. The first-order valence-electron chi connectivity index (χ1n) is 13.2. The number of ether oxygens (including phenoxy) is 2. The molecular formula is C32H41ClN2O3. The number of hydrogen-bond donors (Lipinski definition) is 1. The molecule has 0 aliphatic carbocycles. The Bertz CT molecular complexity index is 1230. The topological polar surface area (TPSA) is 44.9 Å². The second-order valence-corrected chi connectivity index (χ2v) is 10.6. The highest BCUT2D eigenvalue weighted by atomic mass is 35.5. The van der Waals surface area contributed by atoms with E-state index in [9.17, 15) is 0 Å². The summed E-state index contributed by atoms with van der Waals surface area (Å²) in [4.78, 5) is 2.37. The lowest BCUT2D eigenvalue weighted by molar-refractivity contribution is -0.401. The lowest BCUT2D eigenvalue weighted by Gasteiger charge is -2.27. The van der Waals surface area contributed by atoms with Gasteiger partial charge < -0.3 is 31.9 Å². The van der Waals surface area contributed by atoms with Crippen molar-refractivity contribution in [3.63, 3.8) is 0 Å². The Morgan fingerprint density at radius 3 is 2.18 bits per heavy atom. The Kier molecular flexibility index (Phi) is 10.1. The number of aliphatic hydroxyl groups excluding tert-OH is 1. The molecule has 0 radical (unpaired) electrons. The third-order valence-corrected chi connectivity index (χ3v) is 7.54. The van der Waals surface area contributed by atoms with Gasteiger partial charge in [-0.15, -0.1) is 0 Å². The van der Waals surface area contributed by atoms with Crippen LogP contribution < -0.4 is 17.3 Å². The molecule has 2 heterocycles. The number of halogens is 1. The minimum absolute atomic E-state index is 0. The number of rotatable bonds is 11. The van der Waals surface area contributed by atoms with Crippen LogP contribution in [0.5, 0.6) is 0 Å². The fourth-order valence-electron chi connectivity index (χ4n) is 5.58. The maximum atomic E-state index is 8.82. The monoisotopic (exact) mass is 536 g/mol. The Hall–Kier alpha value is -2.70. The van der Waals surface area contributed by atoms with Crippen molar-refractivity contribution in [2.75, 3.05) is 51.5 Å². The Labute approximate surface area is 234 Å². The van der Waals surface area contributed by atoms with Crippen LogP contribution in [0.3, 0.4) is 0 Å². The maximum Gasteiger partial charge on any atom is 0.209 e. The minimum atomic E-state index is -0.0983. The van der Waals surface area contributed by atoms with Gasteiger partial charge in [0.2, 0.25) is 5.69 Å². The van der Waals surface area contributed by atoms with Gasteiger partial charge in [-0.05, 0) is 31.6 Å². The molecule has 0 aromatic heterocycles. The lowest BCUT2D eigenvalue weighted by Crippen LogP contribution is -3.00. The molecule has 2 aliphatic heterocycles. The van der Waals surface area contributed by atoms with Crippen molar-refractivity contribution >= 4 is 17.1 Å². The number of aliphatic hydroxyl groups is 1. The van der Waals surface area contributed by atoms with E-state index < -0.39 is 0 Å². The zero-order valence-corrected chi connectivity index (χ0v) is 24.0. The minimum Gasteiger partial charge on any atom is -1.00 e. The van der Waals surface area contributed by atoms with Crippen LogP contribution in [-0.2, 0) is 20.3 Å². The van der Waals surface area contributed by atoms with Crippen LogP contribution in [0.25, 0.3) is 0 Å². The number of hydrogen-bond acceptors (Lipinski definition) is 4. The summed E-state index contributed by atoms with van der Waals surface area (Å²) in [7, 11) is 2.15. The van der Waals surface area contributed by atoms with Crippen molar-refractivity contribution < 1.29 is 31.6 Å². The molecule has 5 nitrogen and oxygen atoms in total. The molecule has 0 bridgehead atoms. The second kappa shape index (κ2) is 12.9. The average Bonchev–Trinajstić information content (AvgIpc) is 3.22. The highest BCUT2D eigenvalue weighted by Crippen LogP contribution is 2.47. The fraction of sp³-hybridized carbons (Fsp3) is 0.406. The summed E-state index contributed by atoms with van der Waals surface area (Å²) in [6.07, 6.45) is 10.9. The molecule has 0 atom stereocenters. The van der Waals surface area contributed by atoms with E-state index in [1.807, 2.05) is 0 Å². The van der Waals surface area contributed by atoms with Crippen molar-refractivity contribution in [1.82, 2.24) is 0 Å². The predicted octanol–water partition coefficient (Wildman–Crippen LogP) is 2.52. The molecule has 0 unspecified atom stereocenters. The zero-order chi connectivity index (χ0) is 26.5. The van der Waals surface area contributed by atoms with Gasteiger partial charge in [0, 0.05) is 41.1 Å². The van der Waals surface area contributed by atoms with Gasteiger partial charge in [-0.1, -0.05) is 68.5 Å². The van der Waals surface area contributed by atoms with Crippen LogP contribution in [0, 0.1) is 0 Å². The van der Waals surface area contributed by atoms with Gasteiger partial charge >= 0.3 is 0 Å². The predicted molar refractivity (Wildman–Crippen MR) is 152 cm³/mol. The molecule has 0 saturated carbocycles. The van der Waals surface area contributed by atoms with Crippen molar-refractivity contribution in [3.8, 4) is 0 Å². The molecular weight excluding hydrogens is 496 g/mol. The van der Waals surface area contributed by atoms with Gasteiger partial charge in [-0.2, -0.15) is 4.58 Å². The van der Waals surface area contributed by atoms with E-state index in [1.54, 1.807) is 0 Å². The van der Waals surface area contributed by atoms with E-state index in [-0.39, 0.29) is 29.8 Å². The number of fused-ring (bicyclic) bond motifs is 2. The van der Waals surface area contributed by atoms with Crippen LogP contribution in [0.2, 0.25) is 0 Å². The highest BCUT2D eigenvalue weighted by molar-refractivity contribution is 6.03. The lowest BCUT2D eigenvalue weighted by atomic mass is 9.81. The van der Waals surface area contributed by atoms with Gasteiger partial charge in [-0.3, -0.25) is 0 Å². The number of nitrogens with zero attached hydrogens (tertiary/aromatic N) is 2. The molecule has 2 aromatic rings. The van der Waals surface area contributed by atoms with Gasteiger partial charge in [0.15, 0.2) is 5.71 Å². The van der Waals surface area contributed by atoms with E-state index in [0.717, 1.165) is 6.54 Å². The normalized spacial score (nSPS) is 18.5. The van der Waals surface area contributed by atoms with Crippen LogP contribution in [0.15, 0.2) is 84.6 Å². The van der Waals surface area contributed by atoms with E-state index in [0.29, 0.717) is 26.4 Å². The molecule has 6 heteroatoms. The molecule has 0 fully saturated rings. The Balaban J connectivity index is 0.00000400. The third-order valence-electron chi connectivity index (χ3n) is 7.54. The second-order valence-electron chi connectivity index (χ2n) is 10.6. The van der Waals surface area contributed by atoms with E-state index in [4.69, 9.17) is 14.6 Å². The largest absolute Gasteiger partial charge is 1.00 e. The van der Waals surface area contributed by atoms with Crippen molar-refractivity contribution in [2.24, 2.45) is 0 Å². The quantitative estimate of drug-likeness (QED) is 0.272. The molecule has 0 amide bonds. The summed E-state index contributed by atoms with van der Waals surface area (Å²) in [5.41, 5.74) is 7.65. The van der Waals surface area contributed by atoms with Crippen molar-refractivity contribution in [3.05, 3.63) is 95.7 Å². The molecule has 38 heavy (non-hydrogen) atoms. The van der Waals surface area contributed by atoms with Crippen LogP contribution in [0.4, 0.5) is 11.4 Å². The van der Waals surface area contributed by atoms with E-state index in [1.165, 1.54) is 33.9 Å². The van der Waals surface area contributed by atoms with Gasteiger partial charge in [0.25, 0.3) is 0 Å². The smallest absolute Gasteiger partial charge is 0.209 e. The first kappa shape index (κ1) is 29.9. The molecule has 1 N–H and O–H groups in total. The molecule has 0 saturated heterocycles. The number of benzene rings is 2. The summed E-state index contributed by atoms with van der Waals surface area (Å²) >= 11 is 0. The molecule has 204 valence electrons. The standard InChI is InChI=1S/C32H41N2O3.ClH/c1-31(2)25-13-9-11-15-27(25)33(5)29(31)17-7-6-8-18-30-32(3,4)26-14-10-12-16-28(26)34(30)19-21-36-23-24-37-22-20-35;/h6-18,35H,19-24H2,1-5H3;1H/q+1;/p-1. The van der Waals surface area contributed by atoms with E-state index >= 15 is 0 Å². The SMILES string of the molecule is C[N+]1=C(/C=C/C=C/C=C2N(CCOCCOCCO)c3ccccc3C2(C)C)C(C)(C)c2ccccc21.[Cl-]. The van der Waals surface area contributed by atoms with Gasteiger partial charge in [0.05, 0.1) is 38.4 Å². The number of anilines is 1. The maximum absolute atomic E-state index is 8.82. The number of para-hydroxylation sites is 2. The fourth-order valence-corrected chi connectivity index (χ4v) is 5.58. The summed E-state index contributed by atoms with van der Waals surface area (Å²) in [5, 5.41) is 8.82. The summed E-state index contributed by atoms with van der Waals surface area (Å²) < 4.78 is 13.4. The van der Waals surface area contributed by atoms with Crippen LogP contribution >= 0.6 is 0 Å². The van der Waals surface area contributed by atoms with Crippen LogP contribution in [0.1, 0.15) is 38.8 Å². The van der Waals surface area contributed by atoms with Gasteiger partial charge in [0.1, 0.15) is 7.05 Å². The summed E-state index contributed by atoms with van der Waals surface area (Å²) in [6, 6.07) is 17.3. The first-order valence-corrected chi connectivity index (χ1v) is 13.2. The molecule has 2 aromatic carbocycles. The van der Waals surface area contributed by atoms with E-state index in [2.05, 4.69) is 123 Å². The number of allylic oxidation sites excluding steroid dienone is 6.